The van der Waals surface area contributed by atoms with E-state index in [-0.39, 0.29) is 24.4 Å². The van der Waals surface area contributed by atoms with E-state index in [1.54, 1.807) is 0 Å². The summed E-state index contributed by atoms with van der Waals surface area (Å²) in [5.74, 6) is 0.779. The summed E-state index contributed by atoms with van der Waals surface area (Å²) in [6.07, 6.45) is 6.05. The second-order valence-corrected chi connectivity index (χ2v) is 7.75. The molecule has 134 valence electrons. The molecule has 2 aromatic rings. The minimum Gasteiger partial charge on any atom is -0.348 e. The summed E-state index contributed by atoms with van der Waals surface area (Å²) in [5, 5.41) is 16.7. The Balaban J connectivity index is 0.00000182. The van der Waals surface area contributed by atoms with Crippen LogP contribution in [-0.4, -0.2) is 28.2 Å². The number of carbonyl (C=O) groups is 1. The number of hydrogen-bond donors (Lipinski definition) is 2. The second kappa shape index (κ2) is 8.25. The van der Waals surface area contributed by atoms with Crippen LogP contribution in [-0.2, 0) is 11.3 Å². The Hall–Kier alpha value is -1.50. The van der Waals surface area contributed by atoms with Crippen LogP contribution in [0.5, 0.6) is 0 Å². The number of halogens is 1. The molecule has 3 unspecified atom stereocenters. The molecule has 1 amide bonds. The summed E-state index contributed by atoms with van der Waals surface area (Å²) in [5.41, 5.74) is 1.06. The van der Waals surface area contributed by atoms with E-state index < -0.39 is 0 Å². The third-order valence-corrected chi connectivity index (χ3v) is 6.05. The van der Waals surface area contributed by atoms with Crippen molar-refractivity contribution < 1.29 is 4.79 Å². The number of aromatic nitrogens is 2. The van der Waals surface area contributed by atoms with Crippen molar-refractivity contribution in [3.8, 4) is 10.6 Å². The molecule has 1 aromatic carbocycles. The van der Waals surface area contributed by atoms with E-state index in [9.17, 15) is 4.79 Å². The predicted octanol–water partition coefficient (Wildman–Crippen LogP) is 3.16. The van der Waals surface area contributed by atoms with Gasteiger partial charge in [-0.25, -0.2) is 0 Å². The van der Waals surface area contributed by atoms with Crippen LogP contribution in [0.2, 0.25) is 0 Å². The molecule has 1 saturated heterocycles. The van der Waals surface area contributed by atoms with Gasteiger partial charge in [0.1, 0.15) is 10.0 Å². The van der Waals surface area contributed by atoms with Gasteiger partial charge in [-0.15, -0.1) is 22.6 Å². The lowest BCUT2D eigenvalue weighted by Gasteiger charge is -2.24. The molecule has 1 aliphatic heterocycles. The molecule has 1 aromatic heterocycles. The van der Waals surface area contributed by atoms with Crippen LogP contribution in [0.1, 0.15) is 37.1 Å². The van der Waals surface area contributed by atoms with Gasteiger partial charge in [0.15, 0.2) is 0 Å². The molecule has 7 heteroatoms. The first kappa shape index (κ1) is 18.3. The van der Waals surface area contributed by atoms with Crippen molar-refractivity contribution in [3.05, 3.63) is 35.3 Å². The number of nitrogens with zero attached hydrogens (tertiary/aromatic N) is 2. The van der Waals surface area contributed by atoms with Crippen LogP contribution in [0.25, 0.3) is 10.6 Å². The number of fused-ring (bicyclic) bond motifs is 1. The fourth-order valence-electron chi connectivity index (χ4n) is 3.83. The predicted molar refractivity (Wildman–Crippen MR) is 102 cm³/mol. The second-order valence-electron chi connectivity index (χ2n) is 6.69. The molecule has 0 bridgehead atoms. The summed E-state index contributed by atoms with van der Waals surface area (Å²) < 4.78 is 0. The number of rotatable bonds is 4. The third kappa shape index (κ3) is 4.19. The standard InChI is InChI=1S/C18H22N4OS.ClH/c23-17(15-10-13-8-4-5-9-14(13)20-15)19-11-16-21-22-18(24-16)12-6-2-1-3-7-12;/h1-3,6-7,13-15,20H,4-5,8-11H2,(H,19,23);1H. The fraction of sp³-hybridized carbons (Fsp3) is 0.500. The Morgan fingerprint density at radius 1 is 1.20 bits per heavy atom. The van der Waals surface area contributed by atoms with Crippen molar-refractivity contribution in [3.63, 3.8) is 0 Å². The summed E-state index contributed by atoms with van der Waals surface area (Å²) in [7, 11) is 0. The van der Waals surface area contributed by atoms with E-state index in [4.69, 9.17) is 0 Å². The van der Waals surface area contributed by atoms with Crippen LogP contribution in [0.4, 0.5) is 0 Å². The molecule has 3 atom stereocenters. The quantitative estimate of drug-likeness (QED) is 0.857. The molecular formula is C18H23ClN4OS. The summed E-state index contributed by atoms with van der Waals surface area (Å²) in [6.45, 7) is 0.455. The Bertz CT molecular complexity index is 694. The molecule has 25 heavy (non-hydrogen) atoms. The van der Waals surface area contributed by atoms with Crippen LogP contribution in [0.15, 0.2) is 30.3 Å². The molecule has 2 aliphatic rings. The van der Waals surface area contributed by atoms with Crippen molar-refractivity contribution in [2.45, 2.75) is 50.7 Å². The maximum Gasteiger partial charge on any atom is 0.237 e. The molecular weight excluding hydrogens is 356 g/mol. The normalized spacial score (nSPS) is 25.0. The SMILES string of the molecule is Cl.O=C(NCc1nnc(-c2ccccc2)s1)C1CC2CCCCC2N1. The minimum absolute atomic E-state index is 0. The minimum atomic E-state index is -0.0420. The van der Waals surface area contributed by atoms with Gasteiger partial charge in [0.2, 0.25) is 5.91 Å². The Kier molecular flexibility index (Phi) is 6.04. The fourth-order valence-corrected chi connectivity index (χ4v) is 4.61. The Labute approximate surface area is 158 Å². The zero-order valence-electron chi connectivity index (χ0n) is 14.0. The topological polar surface area (TPSA) is 66.9 Å². The monoisotopic (exact) mass is 378 g/mol. The number of carbonyl (C=O) groups excluding carboxylic acids is 1. The number of hydrogen-bond acceptors (Lipinski definition) is 5. The molecule has 0 radical (unpaired) electrons. The van der Waals surface area contributed by atoms with Crippen LogP contribution in [0, 0.1) is 5.92 Å². The molecule has 2 N–H and O–H groups in total. The molecule has 2 fully saturated rings. The van der Waals surface area contributed by atoms with Crippen molar-refractivity contribution in [1.29, 1.82) is 0 Å². The average Bonchev–Trinajstić information content (AvgIpc) is 3.27. The van der Waals surface area contributed by atoms with E-state index >= 15 is 0 Å². The summed E-state index contributed by atoms with van der Waals surface area (Å²) >= 11 is 1.53. The number of benzene rings is 1. The first-order valence-corrected chi connectivity index (χ1v) is 9.53. The van der Waals surface area contributed by atoms with E-state index in [1.165, 1.54) is 37.0 Å². The Morgan fingerprint density at radius 2 is 2.00 bits per heavy atom. The van der Waals surface area contributed by atoms with Gasteiger partial charge in [-0.1, -0.05) is 54.5 Å². The van der Waals surface area contributed by atoms with E-state index in [2.05, 4.69) is 20.8 Å². The maximum atomic E-state index is 12.4. The Morgan fingerprint density at radius 3 is 2.80 bits per heavy atom. The number of amides is 1. The molecule has 1 saturated carbocycles. The lowest BCUT2D eigenvalue weighted by molar-refractivity contribution is -0.123. The molecule has 2 heterocycles. The smallest absolute Gasteiger partial charge is 0.237 e. The lowest BCUT2D eigenvalue weighted by Crippen LogP contribution is -2.42. The zero-order chi connectivity index (χ0) is 16.4. The molecule has 4 rings (SSSR count). The first-order chi connectivity index (χ1) is 11.8. The van der Waals surface area contributed by atoms with Gasteiger partial charge in [-0.05, 0) is 25.2 Å². The van der Waals surface area contributed by atoms with Gasteiger partial charge in [0.05, 0.1) is 12.6 Å². The van der Waals surface area contributed by atoms with E-state index in [0.29, 0.717) is 18.5 Å². The van der Waals surface area contributed by atoms with Crippen molar-refractivity contribution in [1.82, 2.24) is 20.8 Å². The average molecular weight is 379 g/mol. The van der Waals surface area contributed by atoms with Crippen molar-refractivity contribution in [2.75, 3.05) is 0 Å². The van der Waals surface area contributed by atoms with E-state index in [1.807, 2.05) is 30.3 Å². The van der Waals surface area contributed by atoms with Gasteiger partial charge in [-0.3, -0.25) is 4.79 Å². The maximum absolute atomic E-state index is 12.4. The van der Waals surface area contributed by atoms with Crippen LogP contribution in [0.3, 0.4) is 0 Å². The summed E-state index contributed by atoms with van der Waals surface area (Å²) in [4.78, 5) is 12.4. The van der Waals surface area contributed by atoms with Gasteiger partial charge in [-0.2, -0.15) is 0 Å². The van der Waals surface area contributed by atoms with Crippen LogP contribution >= 0.6 is 23.7 Å². The molecule has 1 aliphatic carbocycles. The van der Waals surface area contributed by atoms with Gasteiger partial charge < -0.3 is 10.6 Å². The first-order valence-electron chi connectivity index (χ1n) is 8.71. The lowest BCUT2D eigenvalue weighted by atomic mass is 9.85. The molecule has 5 nitrogen and oxygen atoms in total. The largest absolute Gasteiger partial charge is 0.348 e. The van der Waals surface area contributed by atoms with Gasteiger partial charge >= 0.3 is 0 Å². The van der Waals surface area contributed by atoms with Gasteiger partial charge in [0, 0.05) is 11.6 Å². The highest BCUT2D eigenvalue weighted by Crippen LogP contribution is 2.33. The van der Waals surface area contributed by atoms with E-state index in [0.717, 1.165) is 22.0 Å². The highest BCUT2D eigenvalue weighted by Gasteiger charge is 2.38. The van der Waals surface area contributed by atoms with Crippen LogP contribution < -0.4 is 10.6 Å². The highest BCUT2D eigenvalue weighted by atomic mass is 35.5. The van der Waals surface area contributed by atoms with Crippen molar-refractivity contribution >= 4 is 29.7 Å². The third-order valence-electron chi connectivity index (χ3n) is 5.08. The summed E-state index contributed by atoms with van der Waals surface area (Å²) in [6, 6.07) is 10.5. The highest BCUT2D eigenvalue weighted by molar-refractivity contribution is 7.14. The van der Waals surface area contributed by atoms with Gasteiger partial charge in [0.25, 0.3) is 0 Å². The van der Waals surface area contributed by atoms with Crippen molar-refractivity contribution in [2.24, 2.45) is 5.92 Å². The molecule has 0 spiro atoms. The zero-order valence-corrected chi connectivity index (χ0v) is 15.6. The number of nitrogens with one attached hydrogen (secondary N) is 2.